The minimum Gasteiger partial charge on any atom is -0.328 e. The summed E-state index contributed by atoms with van der Waals surface area (Å²) in [5.41, 5.74) is 11.5. The molecule has 0 aliphatic carbocycles. The highest BCUT2D eigenvalue weighted by molar-refractivity contribution is 7.10. The summed E-state index contributed by atoms with van der Waals surface area (Å²) < 4.78 is 6.80. The maximum absolute atomic E-state index is 4.71. The zero-order chi connectivity index (χ0) is 20.7. The van der Waals surface area contributed by atoms with Crippen LogP contribution in [0.25, 0.3) is 11.2 Å². The topological polar surface area (TPSA) is 82.4 Å². The van der Waals surface area contributed by atoms with Gasteiger partial charge in [-0.2, -0.15) is 4.37 Å². The molecule has 3 aromatic heterocycles. The first-order valence-electron chi connectivity index (χ1n) is 10.5. The van der Waals surface area contributed by atoms with Gasteiger partial charge in [0, 0.05) is 36.6 Å². The summed E-state index contributed by atoms with van der Waals surface area (Å²) >= 11 is 1.48. The molecule has 2 aliphatic rings. The SMILES string of the molecule is Cc1cn2c(C3=CNNC3)cnc2c(Nc2cc(CN3CCCCC3(C)C)ns2)n1. The monoisotopic (exact) mass is 424 g/mol. The second-order valence-electron chi connectivity index (χ2n) is 8.73. The molecular weight excluding hydrogens is 396 g/mol. The maximum atomic E-state index is 4.71. The number of hydrazine groups is 1. The van der Waals surface area contributed by atoms with Crippen LogP contribution in [-0.2, 0) is 6.54 Å². The zero-order valence-corrected chi connectivity index (χ0v) is 18.5. The number of fused-ring (bicyclic) bond motifs is 1. The molecular formula is C21H28N8S. The van der Waals surface area contributed by atoms with Gasteiger partial charge >= 0.3 is 0 Å². The number of nitrogens with zero attached hydrogens (tertiary/aromatic N) is 5. The molecule has 5 heterocycles. The van der Waals surface area contributed by atoms with E-state index in [2.05, 4.69) is 50.4 Å². The Morgan fingerprint density at radius 2 is 2.20 bits per heavy atom. The fourth-order valence-electron chi connectivity index (χ4n) is 4.30. The van der Waals surface area contributed by atoms with Gasteiger partial charge in [-0.15, -0.1) is 0 Å². The number of rotatable bonds is 5. The van der Waals surface area contributed by atoms with Gasteiger partial charge in [0.2, 0.25) is 0 Å². The Morgan fingerprint density at radius 3 is 3.00 bits per heavy atom. The van der Waals surface area contributed by atoms with Gasteiger partial charge in [0.05, 0.1) is 23.3 Å². The average molecular weight is 425 g/mol. The van der Waals surface area contributed by atoms with Crippen molar-refractivity contribution in [3.63, 3.8) is 0 Å². The van der Waals surface area contributed by atoms with E-state index in [0.717, 1.165) is 53.2 Å². The molecule has 158 valence electrons. The van der Waals surface area contributed by atoms with Crippen LogP contribution >= 0.6 is 11.5 Å². The third kappa shape index (κ3) is 3.68. The largest absolute Gasteiger partial charge is 0.328 e. The number of nitrogens with one attached hydrogen (secondary N) is 3. The average Bonchev–Trinajstić information content (AvgIpc) is 3.44. The Kier molecular flexibility index (Phi) is 4.96. The highest BCUT2D eigenvalue weighted by atomic mass is 32.1. The van der Waals surface area contributed by atoms with E-state index >= 15 is 0 Å². The minimum absolute atomic E-state index is 0.241. The molecule has 1 saturated heterocycles. The molecule has 1 fully saturated rings. The number of piperidine rings is 1. The first-order chi connectivity index (χ1) is 14.5. The van der Waals surface area contributed by atoms with Crippen molar-refractivity contribution in [3.8, 4) is 0 Å². The lowest BCUT2D eigenvalue weighted by atomic mass is 9.90. The van der Waals surface area contributed by atoms with Gasteiger partial charge in [-0.25, -0.2) is 15.4 Å². The fourth-order valence-corrected chi connectivity index (χ4v) is 4.96. The van der Waals surface area contributed by atoms with Gasteiger partial charge in [0.15, 0.2) is 11.5 Å². The van der Waals surface area contributed by atoms with E-state index in [1.54, 1.807) is 0 Å². The third-order valence-electron chi connectivity index (χ3n) is 6.05. The predicted molar refractivity (Wildman–Crippen MR) is 121 cm³/mol. The molecule has 0 aromatic carbocycles. The van der Waals surface area contributed by atoms with Crippen LogP contribution < -0.4 is 16.2 Å². The van der Waals surface area contributed by atoms with Crippen molar-refractivity contribution >= 4 is 33.6 Å². The van der Waals surface area contributed by atoms with Crippen LogP contribution in [0.2, 0.25) is 0 Å². The quantitative estimate of drug-likeness (QED) is 0.579. The first-order valence-corrected chi connectivity index (χ1v) is 11.3. The van der Waals surface area contributed by atoms with Crippen LogP contribution in [0.1, 0.15) is 50.2 Å². The molecule has 8 nitrogen and oxygen atoms in total. The van der Waals surface area contributed by atoms with E-state index in [4.69, 9.17) is 9.36 Å². The number of imidazole rings is 1. The van der Waals surface area contributed by atoms with E-state index < -0.39 is 0 Å². The molecule has 0 atom stereocenters. The minimum atomic E-state index is 0.241. The predicted octanol–water partition coefficient (Wildman–Crippen LogP) is 3.45. The van der Waals surface area contributed by atoms with Crippen LogP contribution in [0.3, 0.4) is 0 Å². The maximum Gasteiger partial charge on any atom is 0.180 e. The van der Waals surface area contributed by atoms with Crippen molar-refractivity contribution in [2.24, 2.45) is 0 Å². The highest BCUT2D eigenvalue weighted by Gasteiger charge is 2.30. The molecule has 3 N–H and O–H groups in total. The Morgan fingerprint density at radius 1 is 1.30 bits per heavy atom. The summed E-state index contributed by atoms with van der Waals surface area (Å²) in [6.45, 7) is 9.48. The summed E-state index contributed by atoms with van der Waals surface area (Å²) in [6, 6.07) is 2.15. The molecule has 0 bridgehead atoms. The van der Waals surface area contributed by atoms with Crippen molar-refractivity contribution in [3.05, 3.63) is 41.7 Å². The van der Waals surface area contributed by atoms with Gasteiger partial charge < -0.3 is 10.7 Å². The van der Waals surface area contributed by atoms with Crippen molar-refractivity contribution in [1.82, 2.24) is 34.5 Å². The van der Waals surface area contributed by atoms with Gasteiger partial charge in [-0.3, -0.25) is 9.30 Å². The lowest BCUT2D eigenvalue weighted by Crippen LogP contribution is -2.46. The molecule has 30 heavy (non-hydrogen) atoms. The molecule has 0 saturated carbocycles. The highest BCUT2D eigenvalue weighted by Crippen LogP contribution is 2.31. The number of hydrogen-bond donors (Lipinski definition) is 3. The van der Waals surface area contributed by atoms with Gasteiger partial charge in [-0.1, -0.05) is 6.42 Å². The van der Waals surface area contributed by atoms with Crippen molar-refractivity contribution in [2.45, 2.75) is 52.1 Å². The standard InChI is InChI=1S/C21H28N8S/c1-14-12-29-17(15-9-23-24-10-15)11-22-20(29)19(25-14)26-18-8-16(27-30-18)13-28-7-5-4-6-21(28,2)3/h8-9,11-12,23-24H,4-7,10,13H2,1-3H3,(H,25,26). The molecule has 3 aromatic rings. The van der Waals surface area contributed by atoms with Gasteiger partial charge in [0.1, 0.15) is 5.00 Å². The van der Waals surface area contributed by atoms with Crippen molar-refractivity contribution < 1.29 is 0 Å². The van der Waals surface area contributed by atoms with Crippen molar-refractivity contribution in [1.29, 1.82) is 0 Å². The molecule has 9 heteroatoms. The molecule has 0 unspecified atom stereocenters. The summed E-state index contributed by atoms with van der Waals surface area (Å²) in [6.07, 6.45) is 9.74. The normalized spacial score (nSPS) is 19.1. The van der Waals surface area contributed by atoms with Crippen LogP contribution in [-0.4, -0.2) is 42.3 Å². The lowest BCUT2D eigenvalue weighted by Gasteiger charge is -2.42. The molecule has 2 aliphatic heterocycles. The van der Waals surface area contributed by atoms with Crippen LogP contribution in [0, 0.1) is 6.92 Å². The Hall–Kier alpha value is -2.49. The number of aromatic nitrogens is 4. The number of hydrogen-bond acceptors (Lipinski definition) is 8. The smallest absolute Gasteiger partial charge is 0.180 e. The van der Waals surface area contributed by atoms with Crippen LogP contribution in [0.4, 0.5) is 10.8 Å². The third-order valence-corrected chi connectivity index (χ3v) is 6.79. The van der Waals surface area contributed by atoms with Gasteiger partial charge in [0.25, 0.3) is 0 Å². The molecule has 5 rings (SSSR count). The second kappa shape index (κ2) is 7.64. The number of aryl methyl sites for hydroxylation is 1. The van der Waals surface area contributed by atoms with E-state index in [1.165, 1.54) is 36.4 Å². The summed E-state index contributed by atoms with van der Waals surface area (Å²) in [5.74, 6) is 0.759. The first kappa shape index (κ1) is 19.5. The Bertz CT molecular complexity index is 1100. The van der Waals surface area contributed by atoms with Crippen molar-refractivity contribution in [2.75, 3.05) is 18.4 Å². The summed E-state index contributed by atoms with van der Waals surface area (Å²) in [5, 5.41) is 4.46. The zero-order valence-electron chi connectivity index (χ0n) is 17.7. The number of anilines is 2. The summed E-state index contributed by atoms with van der Waals surface area (Å²) in [4.78, 5) is 11.9. The Labute approximate surface area is 180 Å². The van der Waals surface area contributed by atoms with E-state index in [0.29, 0.717) is 0 Å². The molecule has 0 radical (unpaired) electrons. The van der Waals surface area contributed by atoms with Crippen LogP contribution in [0.5, 0.6) is 0 Å². The van der Waals surface area contributed by atoms with E-state index in [1.807, 2.05) is 25.5 Å². The molecule has 0 amide bonds. The van der Waals surface area contributed by atoms with E-state index in [9.17, 15) is 0 Å². The van der Waals surface area contributed by atoms with Gasteiger partial charge in [-0.05, 0) is 57.8 Å². The number of likely N-dealkylation sites (tertiary alicyclic amines) is 1. The molecule has 0 spiro atoms. The lowest BCUT2D eigenvalue weighted by molar-refractivity contribution is 0.0682. The van der Waals surface area contributed by atoms with E-state index in [-0.39, 0.29) is 5.54 Å². The summed E-state index contributed by atoms with van der Waals surface area (Å²) in [7, 11) is 0. The van der Waals surface area contributed by atoms with Crippen LogP contribution in [0.15, 0.2) is 24.7 Å². The second-order valence-corrected chi connectivity index (χ2v) is 9.54. The fraction of sp³-hybridized carbons (Fsp3) is 0.476. The Balaban J connectivity index is 1.39.